The van der Waals surface area contributed by atoms with Crippen molar-refractivity contribution in [3.8, 4) is 5.75 Å². The molecule has 3 aromatic carbocycles. The first-order chi connectivity index (χ1) is 13.1. The fourth-order valence-electron chi connectivity index (χ4n) is 4.07. The van der Waals surface area contributed by atoms with E-state index in [1.54, 1.807) is 16.4 Å². The van der Waals surface area contributed by atoms with Crippen LogP contribution in [-0.4, -0.2) is 14.5 Å². The molecule has 2 aliphatic rings. The summed E-state index contributed by atoms with van der Waals surface area (Å²) >= 11 is 0. The summed E-state index contributed by atoms with van der Waals surface area (Å²) in [5, 5.41) is 0. The zero-order valence-corrected chi connectivity index (χ0v) is 15.7. The highest BCUT2D eigenvalue weighted by Gasteiger charge is 2.47. The molecule has 0 fully saturated rings. The van der Waals surface area contributed by atoms with Crippen LogP contribution in [0.5, 0.6) is 5.75 Å². The van der Waals surface area contributed by atoms with Crippen molar-refractivity contribution >= 4 is 15.7 Å². The van der Waals surface area contributed by atoms with Crippen LogP contribution in [0.25, 0.3) is 0 Å². The molecule has 136 valence electrons. The Bertz CT molecular complexity index is 1120. The van der Waals surface area contributed by atoms with Crippen LogP contribution >= 0.6 is 0 Å². The molecule has 3 aromatic rings. The van der Waals surface area contributed by atoms with Gasteiger partial charge in [0.25, 0.3) is 10.0 Å². The maximum atomic E-state index is 13.6. The number of fused-ring (bicyclic) bond motifs is 4. The summed E-state index contributed by atoms with van der Waals surface area (Å²) < 4.78 is 35.1. The van der Waals surface area contributed by atoms with Gasteiger partial charge in [-0.1, -0.05) is 54.1 Å². The van der Waals surface area contributed by atoms with Gasteiger partial charge in [0.15, 0.2) is 0 Å². The maximum Gasteiger partial charge on any atom is 0.264 e. The van der Waals surface area contributed by atoms with E-state index in [1.807, 2.05) is 61.5 Å². The van der Waals surface area contributed by atoms with Gasteiger partial charge in [-0.15, -0.1) is 0 Å². The summed E-state index contributed by atoms with van der Waals surface area (Å²) in [6.45, 7) is 1.95. The van der Waals surface area contributed by atoms with Gasteiger partial charge in [0.1, 0.15) is 11.9 Å². The average Bonchev–Trinajstić information content (AvgIpc) is 3.04. The van der Waals surface area contributed by atoms with Gasteiger partial charge in [-0.25, -0.2) is 8.42 Å². The molecule has 0 aromatic heterocycles. The molecule has 1 aliphatic carbocycles. The number of rotatable bonds is 2. The molecule has 2 atom stereocenters. The van der Waals surface area contributed by atoms with E-state index in [2.05, 4.69) is 6.07 Å². The van der Waals surface area contributed by atoms with E-state index in [9.17, 15) is 8.42 Å². The molecule has 1 heterocycles. The second kappa shape index (κ2) is 5.86. The van der Waals surface area contributed by atoms with E-state index in [4.69, 9.17) is 4.74 Å². The number of sulfonamides is 1. The lowest BCUT2D eigenvalue weighted by molar-refractivity contribution is 0.175. The summed E-state index contributed by atoms with van der Waals surface area (Å²) in [5.74, 6) is 0.603. The van der Waals surface area contributed by atoms with Gasteiger partial charge >= 0.3 is 0 Å². The summed E-state index contributed by atoms with van der Waals surface area (Å²) in [5.41, 5.74) is 3.85. The molecule has 1 aliphatic heterocycles. The largest absolute Gasteiger partial charge is 0.481 e. The normalized spacial score (nSPS) is 20.4. The van der Waals surface area contributed by atoms with Crippen molar-refractivity contribution < 1.29 is 13.2 Å². The smallest absolute Gasteiger partial charge is 0.264 e. The van der Waals surface area contributed by atoms with Crippen molar-refractivity contribution in [3.05, 3.63) is 89.5 Å². The number of anilines is 1. The fourth-order valence-corrected chi connectivity index (χ4v) is 5.73. The number of nitrogens with zero attached hydrogens (tertiary/aromatic N) is 1. The molecule has 0 N–H and O–H groups in total. The van der Waals surface area contributed by atoms with Crippen molar-refractivity contribution in [3.63, 3.8) is 0 Å². The molecule has 0 amide bonds. The van der Waals surface area contributed by atoms with Crippen molar-refractivity contribution in [2.24, 2.45) is 0 Å². The summed E-state index contributed by atoms with van der Waals surface area (Å²) in [6.07, 6.45) is 0.344. The number of hydrogen-bond donors (Lipinski definition) is 0. The molecule has 0 saturated carbocycles. The quantitative estimate of drug-likeness (QED) is 0.671. The van der Waals surface area contributed by atoms with Crippen molar-refractivity contribution in [2.45, 2.75) is 30.4 Å². The first-order valence-electron chi connectivity index (χ1n) is 9.00. The van der Waals surface area contributed by atoms with Gasteiger partial charge in [0.2, 0.25) is 0 Å². The van der Waals surface area contributed by atoms with Crippen LogP contribution in [0.4, 0.5) is 5.69 Å². The van der Waals surface area contributed by atoms with Crippen LogP contribution in [0.15, 0.2) is 77.7 Å². The highest BCUT2D eigenvalue weighted by atomic mass is 32.2. The molecule has 5 rings (SSSR count). The highest BCUT2D eigenvalue weighted by molar-refractivity contribution is 7.92. The Kier molecular flexibility index (Phi) is 3.56. The summed E-state index contributed by atoms with van der Waals surface area (Å²) in [4.78, 5) is 0.305. The van der Waals surface area contributed by atoms with E-state index in [1.165, 1.54) is 0 Å². The van der Waals surface area contributed by atoms with Crippen LogP contribution in [0.3, 0.4) is 0 Å². The molecular formula is C22H19NO3S. The van der Waals surface area contributed by atoms with Gasteiger partial charge in [0.05, 0.1) is 16.6 Å². The zero-order chi connectivity index (χ0) is 18.6. The number of benzene rings is 3. The molecule has 0 saturated heterocycles. The number of hydrogen-bond acceptors (Lipinski definition) is 3. The minimum absolute atomic E-state index is 0.288. The first-order valence-corrected chi connectivity index (χ1v) is 10.4. The Labute approximate surface area is 159 Å². The molecule has 27 heavy (non-hydrogen) atoms. The number of ether oxygens (including phenoxy) is 1. The van der Waals surface area contributed by atoms with E-state index < -0.39 is 10.0 Å². The second-order valence-corrected chi connectivity index (χ2v) is 8.91. The van der Waals surface area contributed by atoms with Crippen LogP contribution in [0.1, 0.15) is 22.8 Å². The Morgan fingerprint density at radius 1 is 0.926 bits per heavy atom. The fraction of sp³-hybridized carbons (Fsp3) is 0.182. The Morgan fingerprint density at radius 2 is 1.63 bits per heavy atom. The molecule has 2 unspecified atom stereocenters. The van der Waals surface area contributed by atoms with Crippen molar-refractivity contribution in [2.75, 3.05) is 4.31 Å². The lowest BCUT2D eigenvalue weighted by Crippen LogP contribution is -2.47. The third kappa shape index (κ3) is 2.46. The van der Waals surface area contributed by atoms with Gasteiger partial charge < -0.3 is 4.74 Å². The van der Waals surface area contributed by atoms with Crippen molar-refractivity contribution in [1.82, 2.24) is 0 Å². The Morgan fingerprint density at radius 3 is 2.44 bits per heavy atom. The van der Waals surface area contributed by atoms with E-state index in [-0.39, 0.29) is 12.1 Å². The standard InChI is InChI=1S/C22H19NO3S/c1-15-10-12-17(13-11-15)27(24,25)23-19-8-4-5-9-21(19)26-22-18-7-3-2-6-16(18)14-20(22)23/h2-13,20,22H,14H2,1H3. The average molecular weight is 377 g/mol. The molecule has 0 spiro atoms. The highest BCUT2D eigenvalue weighted by Crippen LogP contribution is 2.48. The molecule has 0 radical (unpaired) electrons. The van der Waals surface area contributed by atoms with Gasteiger partial charge in [-0.3, -0.25) is 4.31 Å². The first kappa shape index (κ1) is 16.4. The Hall–Kier alpha value is -2.79. The maximum absolute atomic E-state index is 13.6. The summed E-state index contributed by atoms with van der Waals surface area (Å²) in [7, 11) is -3.71. The molecule has 4 nitrogen and oxygen atoms in total. The lowest BCUT2D eigenvalue weighted by atomic mass is 10.1. The van der Waals surface area contributed by atoms with Crippen LogP contribution in [-0.2, 0) is 16.4 Å². The van der Waals surface area contributed by atoms with E-state index >= 15 is 0 Å². The predicted molar refractivity (Wildman–Crippen MR) is 105 cm³/mol. The third-order valence-corrected chi connectivity index (χ3v) is 7.23. The number of para-hydroxylation sites is 2. The second-order valence-electron chi connectivity index (χ2n) is 7.09. The monoisotopic (exact) mass is 377 g/mol. The van der Waals surface area contributed by atoms with E-state index in [0.29, 0.717) is 22.8 Å². The van der Waals surface area contributed by atoms with E-state index in [0.717, 1.165) is 16.7 Å². The molecule has 5 heteroatoms. The van der Waals surface area contributed by atoms with Gasteiger partial charge in [-0.05, 0) is 48.7 Å². The molecular weight excluding hydrogens is 358 g/mol. The van der Waals surface area contributed by atoms with Gasteiger partial charge in [0, 0.05) is 0 Å². The number of aryl methyl sites for hydroxylation is 1. The third-order valence-electron chi connectivity index (χ3n) is 5.38. The minimum atomic E-state index is -3.71. The van der Waals surface area contributed by atoms with Crippen LogP contribution in [0, 0.1) is 6.92 Å². The predicted octanol–water partition coefficient (Wildman–Crippen LogP) is 4.25. The van der Waals surface area contributed by atoms with Crippen molar-refractivity contribution in [1.29, 1.82) is 0 Å². The summed E-state index contributed by atoms with van der Waals surface area (Å²) in [6, 6.07) is 22.2. The Balaban J connectivity index is 1.69. The topological polar surface area (TPSA) is 46.6 Å². The zero-order valence-electron chi connectivity index (χ0n) is 14.9. The minimum Gasteiger partial charge on any atom is -0.481 e. The van der Waals surface area contributed by atoms with Crippen LogP contribution < -0.4 is 9.04 Å². The van der Waals surface area contributed by atoms with Crippen LogP contribution in [0.2, 0.25) is 0 Å². The lowest BCUT2D eigenvalue weighted by Gasteiger charge is -2.39. The van der Waals surface area contributed by atoms with Gasteiger partial charge in [-0.2, -0.15) is 0 Å². The SMILES string of the molecule is Cc1ccc(S(=O)(=O)N2c3ccccc3OC3c4ccccc4CC32)cc1. The molecule has 0 bridgehead atoms.